The second-order valence-electron chi connectivity index (χ2n) is 7.44. The van der Waals surface area contributed by atoms with Gasteiger partial charge in [-0.2, -0.15) is 0 Å². The molecule has 0 atom stereocenters. The highest BCUT2D eigenvalue weighted by Crippen LogP contribution is 2.29. The summed E-state index contributed by atoms with van der Waals surface area (Å²) in [5.41, 5.74) is 3.59. The van der Waals surface area contributed by atoms with Crippen LogP contribution in [-0.2, 0) is 11.2 Å². The molecule has 3 aromatic carbocycles. The highest BCUT2D eigenvalue weighted by Gasteiger charge is 2.28. The minimum Gasteiger partial charge on any atom is -0.340 e. The minimum atomic E-state index is 0. The summed E-state index contributed by atoms with van der Waals surface area (Å²) in [4.78, 5) is 17.2. The van der Waals surface area contributed by atoms with Crippen LogP contribution in [0.5, 0.6) is 0 Å². The Labute approximate surface area is 189 Å². The van der Waals surface area contributed by atoms with Gasteiger partial charge in [0.15, 0.2) is 0 Å². The molecule has 1 heterocycles. The van der Waals surface area contributed by atoms with E-state index in [9.17, 15) is 4.79 Å². The highest BCUT2D eigenvalue weighted by atomic mass is 35.5. The lowest BCUT2D eigenvalue weighted by Gasteiger charge is -2.40. The summed E-state index contributed by atoms with van der Waals surface area (Å²) in [6, 6.07) is 29.0. The van der Waals surface area contributed by atoms with Crippen LogP contribution in [0.15, 0.2) is 84.9 Å². The topological polar surface area (TPSA) is 23.6 Å². The Morgan fingerprint density at radius 2 is 1.27 bits per heavy atom. The third-order valence-electron chi connectivity index (χ3n) is 5.53. The molecule has 4 rings (SSSR count). The first kappa shape index (κ1) is 22.4. The lowest BCUT2D eigenvalue weighted by atomic mass is 9.96. The molecule has 0 bridgehead atoms. The summed E-state index contributed by atoms with van der Waals surface area (Å²) in [6.45, 7) is 3.23. The van der Waals surface area contributed by atoms with Crippen LogP contribution in [0.1, 0.15) is 22.7 Å². The van der Waals surface area contributed by atoms with Crippen LogP contribution >= 0.6 is 24.0 Å². The van der Waals surface area contributed by atoms with Crippen molar-refractivity contribution in [3.8, 4) is 0 Å². The van der Waals surface area contributed by atoms with Crippen LogP contribution in [0.4, 0.5) is 0 Å². The van der Waals surface area contributed by atoms with E-state index in [0.717, 1.165) is 31.7 Å². The molecule has 0 aliphatic carbocycles. The first-order chi connectivity index (χ1) is 14.2. The van der Waals surface area contributed by atoms with E-state index in [2.05, 4.69) is 65.6 Å². The van der Waals surface area contributed by atoms with Crippen LogP contribution in [0.3, 0.4) is 0 Å². The molecule has 3 nitrogen and oxygen atoms in total. The van der Waals surface area contributed by atoms with E-state index in [-0.39, 0.29) is 24.4 Å². The van der Waals surface area contributed by atoms with Crippen LogP contribution in [0, 0.1) is 0 Å². The van der Waals surface area contributed by atoms with Gasteiger partial charge >= 0.3 is 0 Å². The maximum Gasteiger partial charge on any atom is 0.227 e. The van der Waals surface area contributed by atoms with Gasteiger partial charge in [0.05, 0.1) is 12.5 Å². The molecular formula is C25H26Cl2N2O. The minimum absolute atomic E-state index is 0. The van der Waals surface area contributed by atoms with Crippen molar-refractivity contribution in [1.29, 1.82) is 0 Å². The predicted molar refractivity (Wildman–Crippen MR) is 125 cm³/mol. The molecule has 0 radical (unpaired) electrons. The maximum atomic E-state index is 12.7. The average Bonchev–Trinajstić information content (AvgIpc) is 2.77. The van der Waals surface area contributed by atoms with Crippen molar-refractivity contribution in [3.05, 3.63) is 107 Å². The zero-order valence-corrected chi connectivity index (χ0v) is 18.4. The van der Waals surface area contributed by atoms with Crippen LogP contribution in [-0.4, -0.2) is 41.9 Å². The fraction of sp³-hybridized carbons (Fsp3) is 0.240. The standard InChI is InChI=1S/C25H25ClN2O.ClH/c26-23-13-11-20(12-14-23)19-24(29)27-15-17-28(18-16-27)25(21-7-3-1-4-8-21)22-9-5-2-6-10-22;/h1-14,25H,15-19H2;1H. The Morgan fingerprint density at radius 1 is 0.767 bits per heavy atom. The Morgan fingerprint density at radius 3 is 1.77 bits per heavy atom. The molecule has 156 valence electrons. The van der Waals surface area contributed by atoms with E-state index in [1.807, 2.05) is 29.2 Å². The van der Waals surface area contributed by atoms with Crippen molar-refractivity contribution in [3.63, 3.8) is 0 Å². The zero-order chi connectivity index (χ0) is 20.1. The number of rotatable bonds is 5. The molecule has 30 heavy (non-hydrogen) atoms. The molecule has 3 aromatic rings. The third-order valence-corrected chi connectivity index (χ3v) is 5.78. The molecule has 1 fully saturated rings. The highest BCUT2D eigenvalue weighted by molar-refractivity contribution is 6.30. The molecule has 1 saturated heterocycles. The molecule has 0 unspecified atom stereocenters. The summed E-state index contributed by atoms with van der Waals surface area (Å²) in [5.74, 6) is 0.183. The number of carbonyl (C=O) groups excluding carboxylic acids is 1. The lowest BCUT2D eigenvalue weighted by molar-refractivity contribution is -0.132. The van der Waals surface area contributed by atoms with E-state index in [4.69, 9.17) is 11.6 Å². The van der Waals surface area contributed by atoms with Crippen molar-refractivity contribution in [2.24, 2.45) is 0 Å². The summed E-state index contributed by atoms with van der Waals surface area (Å²) >= 11 is 5.94. The number of benzene rings is 3. The fourth-order valence-corrected chi connectivity index (χ4v) is 4.13. The van der Waals surface area contributed by atoms with Gasteiger partial charge < -0.3 is 4.90 Å². The van der Waals surface area contributed by atoms with Gasteiger partial charge in [-0.3, -0.25) is 9.69 Å². The summed E-state index contributed by atoms with van der Waals surface area (Å²) in [6.07, 6.45) is 0.429. The SMILES string of the molecule is Cl.O=C(Cc1ccc(Cl)cc1)N1CCN(C(c2ccccc2)c2ccccc2)CC1. The van der Waals surface area contributed by atoms with Gasteiger partial charge in [-0.25, -0.2) is 0 Å². The molecule has 0 spiro atoms. The number of piperazine rings is 1. The van der Waals surface area contributed by atoms with Crippen LogP contribution in [0.25, 0.3) is 0 Å². The van der Waals surface area contributed by atoms with Gasteiger partial charge in [0.2, 0.25) is 5.91 Å². The summed E-state index contributed by atoms with van der Waals surface area (Å²) in [7, 11) is 0. The molecular weight excluding hydrogens is 415 g/mol. The monoisotopic (exact) mass is 440 g/mol. The Kier molecular flexibility index (Phi) is 7.92. The van der Waals surface area contributed by atoms with Gasteiger partial charge in [-0.15, -0.1) is 12.4 Å². The van der Waals surface area contributed by atoms with E-state index in [1.165, 1.54) is 11.1 Å². The fourth-order valence-electron chi connectivity index (χ4n) is 4.00. The first-order valence-corrected chi connectivity index (χ1v) is 10.4. The summed E-state index contributed by atoms with van der Waals surface area (Å²) < 4.78 is 0. The van der Waals surface area contributed by atoms with Crippen molar-refractivity contribution in [1.82, 2.24) is 9.80 Å². The smallest absolute Gasteiger partial charge is 0.227 e. The second kappa shape index (κ2) is 10.6. The molecule has 0 aromatic heterocycles. The van der Waals surface area contributed by atoms with Gasteiger partial charge in [-0.05, 0) is 28.8 Å². The number of nitrogens with zero attached hydrogens (tertiary/aromatic N) is 2. The first-order valence-electron chi connectivity index (χ1n) is 10.1. The van der Waals surface area contributed by atoms with Crippen LogP contribution < -0.4 is 0 Å². The predicted octanol–water partition coefficient (Wildman–Crippen LogP) is 5.24. The van der Waals surface area contributed by atoms with Crippen molar-refractivity contribution < 1.29 is 4.79 Å². The zero-order valence-electron chi connectivity index (χ0n) is 16.8. The molecule has 1 aliphatic rings. The largest absolute Gasteiger partial charge is 0.340 e. The molecule has 1 aliphatic heterocycles. The Hall–Kier alpha value is -2.33. The van der Waals surface area contributed by atoms with Crippen molar-refractivity contribution in [2.75, 3.05) is 26.2 Å². The van der Waals surface area contributed by atoms with E-state index < -0.39 is 0 Å². The average molecular weight is 441 g/mol. The summed E-state index contributed by atoms with van der Waals surface area (Å²) in [5, 5.41) is 0.697. The van der Waals surface area contributed by atoms with Gasteiger partial charge in [0.25, 0.3) is 0 Å². The van der Waals surface area contributed by atoms with E-state index >= 15 is 0 Å². The number of hydrogen-bond acceptors (Lipinski definition) is 2. The van der Waals surface area contributed by atoms with E-state index in [1.54, 1.807) is 0 Å². The van der Waals surface area contributed by atoms with Gasteiger partial charge in [0.1, 0.15) is 0 Å². The van der Waals surface area contributed by atoms with E-state index in [0.29, 0.717) is 11.4 Å². The number of carbonyl (C=O) groups is 1. The maximum absolute atomic E-state index is 12.7. The number of amides is 1. The lowest BCUT2D eigenvalue weighted by Crippen LogP contribution is -2.50. The third kappa shape index (κ3) is 5.42. The van der Waals surface area contributed by atoms with Crippen molar-refractivity contribution in [2.45, 2.75) is 12.5 Å². The molecule has 5 heteroatoms. The molecule has 1 amide bonds. The van der Waals surface area contributed by atoms with Gasteiger partial charge in [-0.1, -0.05) is 84.4 Å². The normalized spacial score (nSPS) is 14.4. The second-order valence-corrected chi connectivity index (χ2v) is 7.88. The van der Waals surface area contributed by atoms with Crippen LogP contribution in [0.2, 0.25) is 5.02 Å². The molecule has 0 saturated carbocycles. The quantitative estimate of drug-likeness (QED) is 0.541. The molecule has 0 N–H and O–H groups in total. The number of hydrogen-bond donors (Lipinski definition) is 0. The Bertz CT molecular complexity index is 885. The number of halogens is 2. The van der Waals surface area contributed by atoms with Gasteiger partial charge in [0, 0.05) is 31.2 Å². The Balaban J connectivity index is 0.00000256. The van der Waals surface area contributed by atoms with Crippen molar-refractivity contribution >= 4 is 29.9 Å².